The van der Waals surface area contributed by atoms with Crippen LogP contribution in [-0.2, 0) is 4.79 Å². The molecule has 1 aliphatic carbocycles. The number of ether oxygens (including phenoxy) is 1. The summed E-state index contributed by atoms with van der Waals surface area (Å²) in [6.07, 6.45) is 8.84. The molecule has 2 amide bonds. The van der Waals surface area contributed by atoms with Gasteiger partial charge in [-0.25, -0.2) is 4.98 Å². The van der Waals surface area contributed by atoms with Gasteiger partial charge in [0.05, 0.1) is 6.04 Å². The summed E-state index contributed by atoms with van der Waals surface area (Å²) in [7, 11) is 0. The number of carbonyl (C=O) groups is 2. The largest absolute Gasteiger partial charge is 0.474 e. The Hall–Kier alpha value is -2.89. The summed E-state index contributed by atoms with van der Waals surface area (Å²) in [5.74, 6) is 0.368. The maximum Gasteiger partial charge on any atom is 0.255 e. The number of aromatic nitrogens is 1. The number of hydrogen-bond donors (Lipinski definition) is 2. The molecular weight excluding hydrogens is 354 g/mol. The van der Waals surface area contributed by atoms with Gasteiger partial charge >= 0.3 is 0 Å². The van der Waals surface area contributed by atoms with Crippen LogP contribution in [0.15, 0.2) is 42.6 Å². The fourth-order valence-corrected chi connectivity index (χ4v) is 3.87. The second-order valence-electron chi connectivity index (χ2n) is 7.50. The second-order valence-corrected chi connectivity index (χ2v) is 7.50. The first-order valence-corrected chi connectivity index (χ1v) is 10.0. The zero-order valence-corrected chi connectivity index (χ0v) is 15.8. The summed E-state index contributed by atoms with van der Waals surface area (Å²) in [4.78, 5) is 28.4. The topological polar surface area (TPSA) is 80.3 Å². The molecule has 146 valence electrons. The van der Waals surface area contributed by atoms with Crippen LogP contribution in [0.2, 0.25) is 0 Å². The molecule has 28 heavy (non-hydrogen) atoms. The van der Waals surface area contributed by atoms with Crippen LogP contribution in [0.1, 0.15) is 66.9 Å². The van der Waals surface area contributed by atoms with Crippen molar-refractivity contribution in [3.63, 3.8) is 0 Å². The van der Waals surface area contributed by atoms with Crippen molar-refractivity contribution in [2.45, 2.75) is 57.1 Å². The highest BCUT2D eigenvalue weighted by Crippen LogP contribution is 2.26. The molecule has 2 aliphatic rings. The molecule has 1 aromatic carbocycles. The fraction of sp³-hybridized carbons (Fsp3) is 0.409. The Morgan fingerprint density at radius 2 is 1.96 bits per heavy atom. The average Bonchev–Trinajstić information content (AvgIpc) is 3.16. The third kappa shape index (κ3) is 4.50. The monoisotopic (exact) mass is 379 g/mol. The molecule has 1 saturated carbocycles. The van der Waals surface area contributed by atoms with Crippen LogP contribution in [0.4, 0.5) is 5.69 Å². The van der Waals surface area contributed by atoms with Gasteiger partial charge in [-0.2, -0.15) is 0 Å². The van der Waals surface area contributed by atoms with Crippen molar-refractivity contribution >= 4 is 17.5 Å². The Kier molecular flexibility index (Phi) is 5.55. The number of carbonyl (C=O) groups excluding carboxylic acids is 2. The van der Waals surface area contributed by atoms with Crippen molar-refractivity contribution < 1.29 is 14.3 Å². The molecule has 0 spiro atoms. The smallest absolute Gasteiger partial charge is 0.255 e. The Balaban J connectivity index is 1.42. The molecule has 1 saturated heterocycles. The van der Waals surface area contributed by atoms with Crippen molar-refractivity contribution in [1.29, 1.82) is 0 Å². The van der Waals surface area contributed by atoms with Gasteiger partial charge in [0.2, 0.25) is 11.8 Å². The summed E-state index contributed by atoms with van der Waals surface area (Å²) < 4.78 is 5.96. The van der Waals surface area contributed by atoms with Gasteiger partial charge in [0, 0.05) is 29.9 Å². The molecule has 1 unspecified atom stereocenters. The number of nitrogens with one attached hydrogen (secondary N) is 2. The maximum absolute atomic E-state index is 12.7. The number of amides is 2. The SMILES string of the molecule is O=C1CCC(c2cccc(NC(=O)c3ccnc(OC4CCCCC4)c3)c2)N1. The molecule has 2 heterocycles. The molecule has 1 aromatic heterocycles. The third-order valence-electron chi connectivity index (χ3n) is 5.38. The Bertz CT molecular complexity index is 862. The van der Waals surface area contributed by atoms with Gasteiger partial charge in [-0.1, -0.05) is 18.6 Å². The van der Waals surface area contributed by atoms with Crippen LogP contribution in [0.3, 0.4) is 0 Å². The summed E-state index contributed by atoms with van der Waals surface area (Å²) in [6, 6.07) is 11.0. The first-order valence-electron chi connectivity index (χ1n) is 10.0. The fourth-order valence-electron chi connectivity index (χ4n) is 3.87. The van der Waals surface area contributed by atoms with E-state index < -0.39 is 0 Å². The van der Waals surface area contributed by atoms with Crippen LogP contribution in [0, 0.1) is 0 Å². The number of hydrogen-bond acceptors (Lipinski definition) is 4. The summed E-state index contributed by atoms with van der Waals surface area (Å²) in [6.45, 7) is 0. The minimum Gasteiger partial charge on any atom is -0.474 e. The number of pyridine rings is 1. The van der Waals surface area contributed by atoms with Crippen LogP contribution < -0.4 is 15.4 Å². The van der Waals surface area contributed by atoms with Crippen molar-refractivity contribution in [1.82, 2.24) is 10.3 Å². The average molecular weight is 379 g/mol. The highest BCUT2D eigenvalue weighted by molar-refractivity contribution is 6.04. The first-order chi connectivity index (χ1) is 13.7. The summed E-state index contributed by atoms with van der Waals surface area (Å²) in [5, 5.41) is 5.88. The molecule has 1 atom stereocenters. The van der Waals surface area contributed by atoms with Crippen molar-refractivity contribution in [2.75, 3.05) is 5.32 Å². The van der Waals surface area contributed by atoms with Gasteiger partial charge in [0.1, 0.15) is 6.10 Å². The van der Waals surface area contributed by atoms with Crippen LogP contribution in [0.5, 0.6) is 5.88 Å². The zero-order valence-electron chi connectivity index (χ0n) is 15.8. The van der Waals surface area contributed by atoms with Gasteiger partial charge in [0.15, 0.2) is 0 Å². The predicted octanol–water partition coefficient (Wildman–Crippen LogP) is 4.00. The maximum atomic E-state index is 12.7. The molecule has 2 aromatic rings. The van der Waals surface area contributed by atoms with Gasteiger partial charge < -0.3 is 15.4 Å². The van der Waals surface area contributed by atoms with Crippen molar-refractivity contribution in [3.05, 3.63) is 53.7 Å². The van der Waals surface area contributed by atoms with E-state index in [0.717, 1.165) is 24.8 Å². The molecule has 2 N–H and O–H groups in total. The first kappa shape index (κ1) is 18.5. The lowest BCUT2D eigenvalue weighted by Crippen LogP contribution is -2.20. The minimum atomic E-state index is -0.205. The van der Waals surface area contributed by atoms with E-state index in [1.165, 1.54) is 19.3 Å². The van der Waals surface area contributed by atoms with Crippen molar-refractivity contribution in [2.24, 2.45) is 0 Å². The lowest BCUT2D eigenvalue weighted by molar-refractivity contribution is -0.119. The van der Waals surface area contributed by atoms with E-state index in [1.54, 1.807) is 18.3 Å². The second kappa shape index (κ2) is 8.42. The van der Waals surface area contributed by atoms with Crippen molar-refractivity contribution in [3.8, 4) is 5.88 Å². The van der Waals surface area contributed by atoms with E-state index in [9.17, 15) is 9.59 Å². The normalized spacial score (nSPS) is 19.9. The quantitative estimate of drug-likeness (QED) is 0.823. The number of anilines is 1. The van der Waals surface area contributed by atoms with E-state index >= 15 is 0 Å². The number of nitrogens with zero attached hydrogens (tertiary/aromatic N) is 1. The van der Waals surface area contributed by atoms with E-state index in [2.05, 4.69) is 15.6 Å². The lowest BCUT2D eigenvalue weighted by Gasteiger charge is -2.22. The van der Waals surface area contributed by atoms with Gasteiger partial charge in [-0.05, 0) is 55.9 Å². The lowest BCUT2D eigenvalue weighted by atomic mass is 9.98. The molecular formula is C22H25N3O3. The summed E-state index contributed by atoms with van der Waals surface area (Å²) >= 11 is 0. The van der Waals surface area contributed by atoms with E-state index in [-0.39, 0.29) is 24.0 Å². The number of rotatable bonds is 5. The Morgan fingerprint density at radius 1 is 1.11 bits per heavy atom. The zero-order chi connectivity index (χ0) is 19.3. The standard InChI is InChI=1S/C22H25N3O3/c26-20-10-9-19(25-20)15-5-4-6-17(13-15)24-22(27)16-11-12-23-21(14-16)28-18-7-2-1-3-8-18/h4-6,11-14,18-19H,1-3,7-10H2,(H,24,27)(H,25,26). The molecule has 0 radical (unpaired) electrons. The van der Waals surface area contributed by atoms with Crippen LogP contribution in [0.25, 0.3) is 0 Å². The van der Waals surface area contributed by atoms with E-state index in [4.69, 9.17) is 4.74 Å². The highest BCUT2D eigenvalue weighted by Gasteiger charge is 2.22. The molecule has 6 heteroatoms. The minimum absolute atomic E-state index is 0.0146. The molecule has 4 rings (SSSR count). The van der Waals surface area contributed by atoms with Crippen LogP contribution >= 0.6 is 0 Å². The predicted molar refractivity (Wildman–Crippen MR) is 106 cm³/mol. The molecule has 6 nitrogen and oxygen atoms in total. The Morgan fingerprint density at radius 3 is 2.75 bits per heavy atom. The number of benzene rings is 1. The van der Waals surface area contributed by atoms with Gasteiger partial charge in [-0.3, -0.25) is 9.59 Å². The van der Waals surface area contributed by atoms with Gasteiger partial charge in [0.25, 0.3) is 5.91 Å². The van der Waals surface area contributed by atoms with Gasteiger partial charge in [-0.15, -0.1) is 0 Å². The van der Waals surface area contributed by atoms with E-state index in [0.29, 0.717) is 23.6 Å². The molecule has 2 fully saturated rings. The molecule has 1 aliphatic heterocycles. The van der Waals surface area contributed by atoms with Crippen LogP contribution in [-0.4, -0.2) is 22.9 Å². The van der Waals surface area contributed by atoms with E-state index in [1.807, 2.05) is 24.3 Å². The Labute approximate surface area is 164 Å². The third-order valence-corrected chi connectivity index (χ3v) is 5.38. The molecule has 0 bridgehead atoms. The summed E-state index contributed by atoms with van der Waals surface area (Å²) in [5.41, 5.74) is 2.22. The highest BCUT2D eigenvalue weighted by atomic mass is 16.5.